The molecular weight excluding hydrogens is 308 g/mol. The van der Waals surface area contributed by atoms with Crippen LogP contribution in [0, 0.1) is 0 Å². The quantitative estimate of drug-likeness (QED) is 0.891. The Morgan fingerprint density at radius 3 is 2.60 bits per heavy atom. The topological polar surface area (TPSA) is 41.1 Å². The molecule has 0 spiro atoms. The van der Waals surface area contributed by atoms with Crippen LogP contribution in [0.5, 0.6) is 0 Å². The first-order chi connectivity index (χ1) is 12.2. The van der Waals surface area contributed by atoms with Crippen molar-refractivity contribution in [3.8, 4) is 0 Å². The largest absolute Gasteiger partial charge is 0.367 e. The predicted octanol–water partition coefficient (Wildman–Crippen LogP) is 4.52. The third-order valence-electron chi connectivity index (χ3n) is 5.41. The number of fused-ring (bicyclic) bond motifs is 1. The van der Waals surface area contributed by atoms with Crippen molar-refractivity contribution < 1.29 is 0 Å². The molecule has 4 nitrogen and oxygen atoms in total. The lowest BCUT2D eigenvalue weighted by molar-refractivity contribution is 0.698. The van der Waals surface area contributed by atoms with Crippen LogP contribution in [0.1, 0.15) is 62.4 Å². The molecule has 4 rings (SSSR count). The molecule has 1 aromatic heterocycles. The second-order valence-electron chi connectivity index (χ2n) is 7.69. The van der Waals surface area contributed by atoms with Gasteiger partial charge < -0.3 is 10.2 Å². The molecule has 0 bridgehead atoms. The maximum absolute atomic E-state index is 4.88. The third kappa shape index (κ3) is 3.63. The van der Waals surface area contributed by atoms with E-state index in [9.17, 15) is 0 Å². The van der Waals surface area contributed by atoms with E-state index in [1.54, 1.807) is 0 Å². The van der Waals surface area contributed by atoms with E-state index < -0.39 is 0 Å². The Hall–Kier alpha value is -2.10. The van der Waals surface area contributed by atoms with Gasteiger partial charge in [0.15, 0.2) is 0 Å². The molecule has 0 atom stereocenters. The molecule has 2 aliphatic rings. The van der Waals surface area contributed by atoms with E-state index in [1.807, 2.05) is 0 Å². The van der Waals surface area contributed by atoms with Crippen molar-refractivity contribution in [1.29, 1.82) is 0 Å². The number of benzene rings is 1. The number of hydrogen-bond donors (Lipinski definition) is 1. The van der Waals surface area contributed by atoms with E-state index in [4.69, 9.17) is 9.97 Å². The molecule has 0 amide bonds. The second-order valence-corrected chi connectivity index (χ2v) is 7.69. The molecule has 2 aromatic rings. The minimum atomic E-state index is 0.334. The highest BCUT2D eigenvalue weighted by molar-refractivity contribution is 5.52. The maximum Gasteiger partial charge on any atom is 0.135 e. The van der Waals surface area contributed by atoms with Gasteiger partial charge in [0, 0.05) is 31.1 Å². The van der Waals surface area contributed by atoms with Crippen LogP contribution in [0.15, 0.2) is 30.3 Å². The van der Waals surface area contributed by atoms with Crippen LogP contribution < -0.4 is 10.2 Å². The van der Waals surface area contributed by atoms with Gasteiger partial charge >= 0.3 is 0 Å². The summed E-state index contributed by atoms with van der Waals surface area (Å²) in [5, 5.41) is 3.66. The van der Waals surface area contributed by atoms with E-state index in [0.29, 0.717) is 12.0 Å². The Bertz CT molecular complexity index is 734. The van der Waals surface area contributed by atoms with Gasteiger partial charge in [-0.2, -0.15) is 0 Å². The minimum absolute atomic E-state index is 0.334. The van der Waals surface area contributed by atoms with Crippen LogP contribution in [0.2, 0.25) is 0 Å². The molecule has 0 saturated heterocycles. The molecule has 2 heterocycles. The van der Waals surface area contributed by atoms with Crippen molar-refractivity contribution in [2.45, 2.75) is 64.5 Å². The summed E-state index contributed by atoms with van der Waals surface area (Å²) in [5.74, 6) is 3.34. The molecule has 1 aliphatic heterocycles. The van der Waals surface area contributed by atoms with E-state index in [0.717, 1.165) is 37.0 Å². The van der Waals surface area contributed by atoms with Gasteiger partial charge in [0.1, 0.15) is 17.5 Å². The van der Waals surface area contributed by atoms with Crippen LogP contribution in [-0.2, 0) is 13.0 Å². The molecule has 132 valence electrons. The minimum Gasteiger partial charge on any atom is -0.367 e. The molecular formula is C21H28N4. The predicted molar refractivity (Wildman–Crippen MR) is 103 cm³/mol. The Kier molecular flexibility index (Phi) is 4.60. The summed E-state index contributed by atoms with van der Waals surface area (Å²) >= 11 is 0. The zero-order valence-corrected chi connectivity index (χ0v) is 15.3. The number of aromatic nitrogens is 2. The molecule has 4 heteroatoms. The normalized spacial score (nSPS) is 17.8. The standard InChI is InChI=1S/C21H28N4/c1-15(2)21-23-19(22-18-9-5-6-10-18)13-20(24-21)25-12-11-16-7-3-4-8-17(16)14-25/h3-4,7-8,13,15,18H,5-6,9-12,14H2,1-2H3,(H,22,23,24). The van der Waals surface area contributed by atoms with E-state index in [1.165, 1.54) is 36.8 Å². The van der Waals surface area contributed by atoms with E-state index in [2.05, 4.69) is 54.4 Å². The summed E-state index contributed by atoms with van der Waals surface area (Å²) in [6.07, 6.45) is 6.26. The summed E-state index contributed by atoms with van der Waals surface area (Å²) in [6, 6.07) is 11.5. The molecule has 1 aliphatic carbocycles. The number of hydrogen-bond acceptors (Lipinski definition) is 4. The molecule has 0 radical (unpaired) electrons. The highest BCUT2D eigenvalue weighted by Crippen LogP contribution is 2.28. The van der Waals surface area contributed by atoms with Gasteiger partial charge in [0.2, 0.25) is 0 Å². The van der Waals surface area contributed by atoms with Crippen LogP contribution in [0.4, 0.5) is 11.6 Å². The van der Waals surface area contributed by atoms with Gasteiger partial charge in [-0.25, -0.2) is 9.97 Å². The Morgan fingerprint density at radius 2 is 1.84 bits per heavy atom. The monoisotopic (exact) mass is 336 g/mol. The first kappa shape index (κ1) is 16.4. The van der Waals surface area contributed by atoms with Crippen LogP contribution >= 0.6 is 0 Å². The highest BCUT2D eigenvalue weighted by atomic mass is 15.2. The fraction of sp³-hybridized carbons (Fsp3) is 0.524. The zero-order chi connectivity index (χ0) is 17.2. The third-order valence-corrected chi connectivity index (χ3v) is 5.41. The SMILES string of the molecule is CC(C)c1nc(NC2CCCC2)cc(N2CCc3ccccc3C2)n1. The second kappa shape index (κ2) is 7.03. The lowest BCUT2D eigenvalue weighted by Gasteiger charge is -2.30. The Morgan fingerprint density at radius 1 is 1.08 bits per heavy atom. The number of nitrogens with zero attached hydrogens (tertiary/aromatic N) is 3. The fourth-order valence-corrected chi connectivity index (χ4v) is 3.92. The molecule has 1 saturated carbocycles. The van der Waals surface area contributed by atoms with Gasteiger partial charge in [0.25, 0.3) is 0 Å². The maximum atomic E-state index is 4.88. The van der Waals surface area contributed by atoms with Gasteiger partial charge in [-0.15, -0.1) is 0 Å². The number of anilines is 2. The van der Waals surface area contributed by atoms with Gasteiger partial charge in [0.05, 0.1) is 0 Å². The van der Waals surface area contributed by atoms with Crippen molar-refractivity contribution in [3.63, 3.8) is 0 Å². The Balaban J connectivity index is 1.61. The molecule has 0 unspecified atom stereocenters. The van der Waals surface area contributed by atoms with E-state index in [-0.39, 0.29) is 0 Å². The molecule has 25 heavy (non-hydrogen) atoms. The summed E-state index contributed by atoms with van der Waals surface area (Å²) < 4.78 is 0. The van der Waals surface area contributed by atoms with Gasteiger partial charge in [-0.05, 0) is 30.4 Å². The lowest BCUT2D eigenvalue weighted by Crippen LogP contribution is -2.31. The average molecular weight is 336 g/mol. The summed E-state index contributed by atoms with van der Waals surface area (Å²) in [7, 11) is 0. The van der Waals surface area contributed by atoms with Crippen LogP contribution in [-0.4, -0.2) is 22.6 Å². The van der Waals surface area contributed by atoms with Crippen molar-refractivity contribution in [2.24, 2.45) is 0 Å². The van der Waals surface area contributed by atoms with Crippen molar-refractivity contribution in [3.05, 3.63) is 47.3 Å². The van der Waals surface area contributed by atoms with Crippen molar-refractivity contribution in [1.82, 2.24) is 9.97 Å². The average Bonchev–Trinajstić information content (AvgIpc) is 3.14. The summed E-state index contributed by atoms with van der Waals surface area (Å²) in [4.78, 5) is 12.1. The lowest BCUT2D eigenvalue weighted by atomic mass is 10.00. The van der Waals surface area contributed by atoms with E-state index >= 15 is 0 Å². The van der Waals surface area contributed by atoms with Crippen molar-refractivity contribution in [2.75, 3.05) is 16.8 Å². The summed E-state index contributed by atoms with van der Waals surface area (Å²) in [6.45, 7) is 6.30. The first-order valence-corrected chi connectivity index (χ1v) is 9.66. The number of nitrogens with one attached hydrogen (secondary N) is 1. The molecule has 1 fully saturated rings. The van der Waals surface area contributed by atoms with Gasteiger partial charge in [-0.3, -0.25) is 0 Å². The summed E-state index contributed by atoms with van der Waals surface area (Å²) in [5.41, 5.74) is 2.89. The van der Waals surface area contributed by atoms with Crippen molar-refractivity contribution >= 4 is 11.6 Å². The zero-order valence-electron chi connectivity index (χ0n) is 15.3. The highest BCUT2D eigenvalue weighted by Gasteiger charge is 2.21. The molecule has 1 aromatic carbocycles. The smallest absolute Gasteiger partial charge is 0.135 e. The Labute approximate surface area is 150 Å². The number of rotatable bonds is 4. The van der Waals surface area contributed by atoms with Crippen LogP contribution in [0.3, 0.4) is 0 Å². The molecule has 1 N–H and O–H groups in total. The fourth-order valence-electron chi connectivity index (χ4n) is 3.92. The van der Waals surface area contributed by atoms with Crippen LogP contribution in [0.25, 0.3) is 0 Å². The van der Waals surface area contributed by atoms with Gasteiger partial charge in [-0.1, -0.05) is 51.0 Å². The first-order valence-electron chi connectivity index (χ1n) is 9.66.